The van der Waals surface area contributed by atoms with Crippen molar-refractivity contribution in [1.29, 1.82) is 0 Å². The van der Waals surface area contributed by atoms with Crippen LogP contribution in [-0.4, -0.2) is 47.0 Å². The Morgan fingerprint density at radius 1 is 1.12 bits per heavy atom. The molecule has 0 aromatic carbocycles. The summed E-state index contributed by atoms with van der Waals surface area (Å²) in [5.41, 5.74) is -0.730. The van der Waals surface area contributed by atoms with Crippen LogP contribution in [0.15, 0.2) is 0 Å². The fourth-order valence-electron chi connectivity index (χ4n) is 3.07. The van der Waals surface area contributed by atoms with E-state index in [2.05, 4.69) is 18.7 Å². The maximum absolute atomic E-state index is 10.6. The van der Waals surface area contributed by atoms with Crippen molar-refractivity contribution in [3.8, 4) is 0 Å². The van der Waals surface area contributed by atoms with Gasteiger partial charge in [0.2, 0.25) is 0 Å². The highest BCUT2D eigenvalue weighted by molar-refractivity contribution is 5.09. The Hall–Kier alpha value is -0.120. The number of aliphatic hydroxyl groups is 2. The van der Waals surface area contributed by atoms with Crippen molar-refractivity contribution in [2.24, 2.45) is 11.3 Å². The minimum atomic E-state index is -0.588. The molecule has 2 fully saturated rings. The zero-order chi connectivity index (χ0) is 11.8. The monoisotopic (exact) mass is 227 g/mol. The predicted octanol–water partition coefficient (Wildman–Crippen LogP) is 1.24. The summed E-state index contributed by atoms with van der Waals surface area (Å²) in [4.78, 5) is 2.44. The highest BCUT2D eigenvalue weighted by Gasteiger charge is 2.58. The Bertz CT molecular complexity index is 240. The van der Waals surface area contributed by atoms with Gasteiger partial charge in [-0.1, -0.05) is 13.8 Å². The standard InChI is InChI=1S/C13H25NO2/c1-11(2)9-14-7-5-13(16,6-8-14)12(10-15)3-4-12/h11,15-16H,3-10H2,1-2H3. The van der Waals surface area contributed by atoms with Gasteiger partial charge in [-0.05, 0) is 31.6 Å². The molecule has 0 unspecified atom stereocenters. The van der Waals surface area contributed by atoms with Gasteiger partial charge < -0.3 is 15.1 Å². The first-order valence-corrected chi connectivity index (χ1v) is 6.57. The van der Waals surface area contributed by atoms with E-state index in [1.807, 2.05) is 0 Å². The van der Waals surface area contributed by atoms with Gasteiger partial charge in [-0.25, -0.2) is 0 Å². The summed E-state index contributed by atoms with van der Waals surface area (Å²) in [5.74, 6) is 0.693. The van der Waals surface area contributed by atoms with Crippen LogP contribution in [-0.2, 0) is 0 Å². The number of piperidine rings is 1. The maximum Gasteiger partial charge on any atom is 0.0750 e. The summed E-state index contributed by atoms with van der Waals surface area (Å²) in [6, 6.07) is 0. The van der Waals surface area contributed by atoms with Crippen molar-refractivity contribution in [3.05, 3.63) is 0 Å². The van der Waals surface area contributed by atoms with Crippen molar-refractivity contribution in [3.63, 3.8) is 0 Å². The molecule has 94 valence electrons. The van der Waals surface area contributed by atoms with E-state index in [4.69, 9.17) is 0 Å². The first kappa shape index (κ1) is 12.3. The molecule has 2 N–H and O–H groups in total. The molecule has 0 radical (unpaired) electrons. The molecule has 1 aliphatic carbocycles. The highest BCUT2D eigenvalue weighted by atomic mass is 16.3. The quantitative estimate of drug-likeness (QED) is 0.759. The second-order valence-corrected chi connectivity index (χ2v) is 6.16. The van der Waals surface area contributed by atoms with Crippen LogP contribution >= 0.6 is 0 Å². The largest absolute Gasteiger partial charge is 0.396 e. The Balaban J connectivity index is 1.89. The van der Waals surface area contributed by atoms with Crippen molar-refractivity contribution in [1.82, 2.24) is 4.90 Å². The van der Waals surface area contributed by atoms with Crippen molar-refractivity contribution in [2.75, 3.05) is 26.2 Å². The Morgan fingerprint density at radius 2 is 1.69 bits per heavy atom. The molecule has 0 aromatic rings. The second-order valence-electron chi connectivity index (χ2n) is 6.16. The molecule has 0 aromatic heterocycles. The molecule has 3 heteroatoms. The molecular formula is C13H25NO2. The number of hydrogen-bond acceptors (Lipinski definition) is 3. The topological polar surface area (TPSA) is 43.7 Å². The molecule has 1 aliphatic heterocycles. The Kier molecular flexibility index (Phi) is 3.30. The molecule has 2 aliphatic rings. The van der Waals surface area contributed by atoms with Crippen LogP contribution in [0, 0.1) is 11.3 Å². The van der Waals surface area contributed by atoms with Gasteiger partial charge in [-0.2, -0.15) is 0 Å². The molecule has 0 bridgehead atoms. The number of likely N-dealkylation sites (tertiary alicyclic amines) is 1. The average molecular weight is 227 g/mol. The minimum absolute atomic E-state index is 0.142. The van der Waals surface area contributed by atoms with Crippen LogP contribution in [0.3, 0.4) is 0 Å². The summed E-state index contributed by atoms with van der Waals surface area (Å²) in [6.07, 6.45) is 3.68. The molecule has 3 nitrogen and oxygen atoms in total. The third-order valence-corrected chi connectivity index (χ3v) is 4.45. The average Bonchev–Trinajstić information content (AvgIpc) is 3.02. The molecule has 1 saturated heterocycles. The molecule has 2 rings (SSSR count). The Labute approximate surface area is 98.5 Å². The normalized spacial score (nSPS) is 28.3. The lowest BCUT2D eigenvalue weighted by Gasteiger charge is -2.43. The summed E-state index contributed by atoms with van der Waals surface area (Å²) in [7, 11) is 0. The van der Waals surface area contributed by atoms with Crippen LogP contribution in [0.4, 0.5) is 0 Å². The SMILES string of the molecule is CC(C)CN1CCC(O)(C2(CO)CC2)CC1. The van der Waals surface area contributed by atoms with E-state index in [1.165, 1.54) is 0 Å². The molecule has 16 heavy (non-hydrogen) atoms. The second kappa shape index (κ2) is 4.28. The third kappa shape index (κ3) is 2.13. The molecular weight excluding hydrogens is 202 g/mol. The van der Waals surface area contributed by atoms with Gasteiger partial charge in [-0.3, -0.25) is 0 Å². The zero-order valence-corrected chi connectivity index (χ0v) is 10.6. The van der Waals surface area contributed by atoms with Crippen LogP contribution in [0.5, 0.6) is 0 Å². The molecule has 0 spiro atoms. The summed E-state index contributed by atoms with van der Waals surface area (Å²) in [6.45, 7) is 7.72. The summed E-state index contributed by atoms with van der Waals surface area (Å²) < 4.78 is 0. The lowest BCUT2D eigenvalue weighted by Crippen LogP contribution is -2.51. The number of nitrogens with zero attached hydrogens (tertiary/aromatic N) is 1. The van der Waals surface area contributed by atoms with Gasteiger partial charge in [-0.15, -0.1) is 0 Å². The molecule has 0 atom stereocenters. The van der Waals surface area contributed by atoms with E-state index < -0.39 is 5.60 Å². The summed E-state index contributed by atoms with van der Waals surface area (Å²) in [5, 5.41) is 20.0. The zero-order valence-electron chi connectivity index (χ0n) is 10.6. The van der Waals surface area contributed by atoms with Crippen LogP contribution in [0.25, 0.3) is 0 Å². The minimum Gasteiger partial charge on any atom is -0.396 e. The van der Waals surface area contributed by atoms with E-state index in [0.717, 1.165) is 45.3 Å². The van der Waals surface area contributed by atoms with Gasteiger partial charge >= 0.3 is 0 Å². The fraction of sp³-hybridized carbons (Fsp3) is 1.00. The van der Waals surface area contributed by atoms with Crippen molar-refractivity contribution >= 4 is 0 Å². The van der Waals surface area contributed by atoms with Gasteiger partial charge in [0.25, 0.3) is 0 Å². The first-order valence-electron chi connectivity index (χ1n) is 6.57. The number of rotatable bonds is 4. The first-order chi connectivity index (χ1) is 7.51. The van der Waals surface area contributed by atoms with Crippen LogP contribution < -0.4 is 0 Å². The summed E-state index contributed by atoms with van der Waals surface area (Å²) >= 11 is 0. The smallest absolute Gasteiger partial charge is 0.0750 e. The highest BCUT2D eigenvalue weighted by Crippen LogP contribution is 2.57. The maximum atomic E-state index is 10.6. The van der Waals surface area contributed by atoms with E-state index >= 15 is 0 Å². The van der Waals surface area contributed by atoms with E-state index in [1.54, 1.807) is 0 Å². The molecule has 0 amide bonds. The van der Waals surface area contributed by atoms with Crippen LogP contribution in [0.1, 0.15) is 39.5 Å². The van der Waals surface area contributed by atoms with Gasteiger partial charge in [0, 0.05) is 25.0 Å². The fourth-order valence-corrected chi connectivity index (χ4v) is 3.07. The van der Waals surface area contributed by atoms with Gasteiger partial charge in [0.1, 0.15) is 0 Å². The third-order valence-electron chi connectivity index (χ3n) is 4.45. The van der Waals surface area contributed by atoms with E-state index in [9.17, 15) is 10.2 Å². The number of hydrogen-bond donors (Lipinski definition) is 2. The van der Waals surface area contributed by atoms with Crippen LogP contribution in [0.2, 0.25) is 0 Å². The number of aliphatic hydroxyl groups excluding tert-OH is 1. The van der Waals surface area contributed by atoms with Crippen molar-refractivity contribution < 1.29 is 10.2 Å². The van der Waals surface area contributed by atoms with Crippen molar-refractivity contribution in [2.45, 2.75) is 45.1 Å². The Morgan fingerprint density at radius 3 is 2.06 bits per heavy atom. The lowest BCUT2D eigenvalue weighted by atomic mass is 9.77. The predicted molar refractivity (Wildman–Crippen MR) is 64.2 cm³/mol. The van der Waals surface area contributed by atoms with Gasteiger partial charge in [0.15, 0.2) is 0 Å². The molecule has 1 heterocycles. The van der Waals surface area contributed by atoms with Gasteiger partial charge in [0.05, 0.1) is 12.2 Å². The van der Waals surface area contributed by atoms with E-state index in [-0.39, 0.29) is 12.0 Å². The lowest BCUT2D eigenvalue weighted by molar-refractivity contribution is -0.0955. The molecule has 1 saturated carbocycles. The van der Waals surface area contributed by atoms with E-state index in [0.29, 0.717) is 5.92 Å².